The molecule has 4 aromatic rings. The molecule has 180 valence electrons. The largest absolute Gasteiger partial charge is 0.417 e. The molecule has 7 nitrogen and oxygen atoms in total. The van der Waals surface area contributed by atoms with Crippen LogP contribution >= 0.6 is 0 Å². The molecule has 3 heterocycles. The molecular formula is C24H20F4N6O. The predicted molar refractivity (Wildman–Crippen MR) is 120 cm³/mol. The highest BCUT2D eigenvalue weighted by Crippen LogP contribution is 2.29. The number of nitrogens with zero attached hydrogens (tertiary/aromatic N) is 5. The Balaban J connectivity index is 1.71. The lowest BCUT2D eigenvalue weighted by Crippen LogP contribution is -2.34. The second kappa shape index (κ2) is 9.24. The van der Waals surface area contributed by atoms with Crippen LogP contribution < -0.4 is 5.73 Å². The fraction of sp³-hybridized carbons (Fsp3) is 0.208. The maximum absolute atomic E-state index is 13.6. The van der Waals surface area contributed by atoms with Crippen LogP contribution in [0.5, 0.6) is 0 Å². The number of carbonyl (C=O) groups excluding carboxylic acids is 1. The molecule has 11 heteroatoms. The standard InChI is InChI=1S/C24H20F4N6O/c1-13-7-16-8-15(3-6-20(16)33-21(13)29)23(35)34(14(2)22-31-10-18(25)11-32-22)12-19-5-4-17(9-30-19)24(26,27)28/h3-11,14H,12H2,1-2H3,(H2,29,33)/t14-/m1/s1. The molecule has 4 rings (SSSR count). The first-order valence-electron chi connectivity index (χ1n) is 10.5. The van der Waals surface area contributed by atoms with E-state index in [0.29, 0.717) is 28.5 Å². The zero-order valence-corrected chi connectivity index (χ0v) is 18.7. The summed E-state index contributed by atoms with van der Waals surface area (Å²) in [5.74, 6) is -0.533. The van der Waals surface area contributed by atoms with Crippen LogP contribution in [0.2, 0.25) is 0 Å². The average molecular weight is 484 g/mol. The van der Waals surface area contributed by atoms with E-state index in [-0.39, 0.29) is 18.1 Å². The minimum absolute atomic E-state index is 0.129. The van der Waals surface area contributed by atoms with Crippen LogP contribution in [-0.4, -0.2) is 30.7 Å². The molecule has 0 aliphatic rings. The first-order valence-corrected chi connectivity index (χ1v) is 10.5. The van der Waals surface area contributed by atoms with Gasteiger partial charge in [-0.3, -0.25) is 9.78 Å². The van der Waals surface area contributed by atoms with Gasteiger partial charge in [-0.2, -0.15) is 13.2 Å². The van der Waals surface area contributed by atoms with E-state index in [4.69, 9.17) is 5.73 Å². The van der Waals surface area contributed by atoms with Gasteiger partial charge in [-0.05, 0) is 55.8 Å². The minimum Gasteiger partial charge on any atom is -0.383 e. The molecule has 35 heavy (non-hydrogen) atoms. The van der Waals surface area contributed by atoms with Crippen molar-refractivity contribution in [1.29, 1.82) is 0 Å². The smallest absolute Gasteiger partial charge is 0.383 e. The van der Waals surface area contributed by atoms with Crippen molar-refractivity contribution in [2.45, 2.75) is 32.6 Å². The number of benzene rings is 1. The van der Waals surface area contributed by atoms with Crippen LogP contribution in [0.3, 0.4) is 0 Å². The number of pyridine rings is 2. The van der Waals surface area contributed by atoms with Crippen molar-refractivity contribution in [3.63, 3.8) is 0 Å². The third kappa shape index (κ3) is 5.18. The third-order valence-corrected chi connectivity index (χ3v) is 5.52. The number of alkyl halides is 3. The zero-order chi connectivity index (χ0) is 25.3. The molecule has 3 aromatic heterocycles. The Hall–Kier alpha value is -4.15. The van der Waals surface area contributed by atoms with E-state index in [1.165, 1.54) is 11.0 Å². The van der Waals surface area contributed by atoms with E-state index < -0.39 is 29.5 Å². The Morgan fingerprint density at radius 2 is 1.77 bits per heavy atom. The topological polar surface area (TPSA) is 97.9 Å². The number of anilines is 1. The van der Waals surface area contributed by atoms with Crippen molar-refractivity contribution < 1.29 is 22.4 Å². The highest BCUT2D eigenvalue weighted by molar-refractivity contribution is 5.98. The average Bonchev–Trinajstić information content (AvgIpc) is 2.82. The van der Waals surface area contributed by atoms with E-state index in [1.807, 2.05) is 6.07 Å². The predicted octanol–water partition coefficient (Wildman–Crippen LogP) is 4.87. The quantitative estimate of drug-likeness (QED) is 0.406. The summed E-state index contributed by atoms with van der Waals surface area (Å²) in [5.41, 5.74) is 6.86. The lowest BCUT2D eigenvalue weighted by atomic mass is 10.1. The van der Waals surface area contributed by atoms with Gasteiger partial charge in [0, 0.05) is 17.1 Å². The van der Waals surface area contributed by atoms with Crippen LogP contribution in [-0.2, 0) is 12.7 Å². The van der Waals surface area contributed by atoms with Crippen molar-refractivity contribution in [2.75, 3.05) is 5.73 Å². The van der Waals surface area contributed by atoms with Crippen LogP contribution in [0.25, 0.3) is 10.9 Å². The number of carbonyl (C=O) groups is 1. The Labute approximate surface area is 197 Å². The first-order chi connectivity index (χ1) is 16.5. The molecule has 0 aliphatic carbocycles. The number of fused-ring (bicyclic) bond motifs is 1. The maximum Gasteiger partial charge on any atom is 0.417 e. The lowest BCUT2D eigenvalue weighted by molar-refractivity contribution is -0.137. The van der Waals surface area contributed by atoms with Crippen LogP contribution in [0.15, 0.2) is 55.0 Å². The van der Waals surface area contributed by atoms with E-state index in [0.717, 1.165) is 24.0 Å². The maximum atomic E-state index is 13.6. The fourth-order valence-electron chi connectivity index (χ4n) is 3.52. The van der Waals surface area contributed by atoms with Gasteiger partial charge in [-0.1, -0.05) is 0 Å². The van der Waals surface area contributed by atoms with Gasteiger partial charge in [-0.15, -0.1) is 0 Å². The van der Waals surface area contributed by atoms with E-state index in [9.17, 15) is 22.4 Å². The second-order valence-electron chi connectivity index (χ2n) is 8.00. The van der Waals surface area contributed by atoms with Crippen molar-refractivity contribution in [1.82, 2.24) is 24.8 Å². The lowest BCUT2D eigenvalue weighted by Gasteiger charge is -2.28. The fourth-order valence-corrected chi connectivity index (χ4v) is 3.52. The molecule has 1 amide bonds. The molecule has 0 bridgehead atoms. The summed E-state index contributed by atoms with van der Waals surface area (Å²) in [6, 6.07) is 8.07. The molecule has 1 atom stereocenters. The van der Waals surface area contributed by atoms with Crippen LogP contribution in [0.4, 0.5) is 23.4 Å². The molecule has 0 radical (unpaired) electrons. The summed E-state index contributed by atoms with van der Waals surface area (Å²) in [4.78, 5) is 31.1. The number of aromatic nitrogens is 4. The molecule has 0 saturated carbocycles. The van der Waals surface area contributed by atoms with Gasteiger partial charge in [0.15, 0.2) is 11.6 Å². The molecule has 0 saturated heterocycles. The van der Waals surface area contributed by atoms with Gasteiger partial charge in [-0.25, -0.2) is 19.3 Å². The summed E-state index contributed by atoms with van der Waals surface area (Å²) in [5, 5.41) is 0.695. The van der Waals surface area contributed by atoms with Crippen molar-refractivity contribution in [3.05, 3.63) is 89.0 Å². The summed E-state index contributed by atoms with van der Waals surface area (Å²) >= 11 is 0. The summed E-state index contributed by atoms with van der Waals surface area (Å²) in [6.07, 6.45) is -1.86. The van der Waals surface area contributed by atoms with Crippen LogP contribution in [0, 0.1) is 12.7 Å². The number of aryl methyl sites for hydroxylation is 1. The van der Waals surface area contributed by atoms with Gasteiger partial charge in [0.1, 0.15) is 5.82 Å². The van der Waals surface area contributed by atoms with Gasteiger partial charge < -0.3 is 10.6 Å². The van der Waals surface area contributed by atoms with Crippen molar-refractivity contribution >= 4 is 22.6 Å². The number of nitrogen functional groups attached to an aromatic ring is 1. The Kier molecular flexibility index (Phi) is 6.33. The monoisotopic (exact) mass is 484 g/mol. The molecule has 0 unspecified atom stereocenters. The first kappa shape index (κ1) is 24.0. The van der Waals surface area contributed by atoms with Crippen molar-refractivity contribution in [2.24, 2.45) is 0 Å². The zero-order valence-electron chi connectivity index (χ0n) is 18.7. The number of rotatable bonds is 5. The molecule has 0 aliphatic heterocycles. The Morgan fingerprint density at radius 1 is 1.06 bits per heavy atom. The van der Waals surface area contributed by atoms with E-state index in [2.05, 4.69) is 19.9 Å². The summed E-state index contributed by atoms with van der Waals surface area (Å²) in [7, 11) is 0. The number of hydrogen-bond donors (Lipinski definition) is 1. The SMILES string of the molecule is Cc1cc2cc(C(=O)N(Cc3ccc(C(F)(F)F)cn3)[C@H](C)c3ncc(F)cn3)ccc2nc1N. The highest BCUT2D eigenvalue weighted by atomic mass is 19.4. The minimum atomic E-state index is -4.53. The van der Waals surface area contributed by atoms with Crippen LogP contribution in [0.1, 0.15) is 46.0 Å². The van der Waals surface area contributed by atoms with Gasteiger partial charge >= 0.3 is 6.18 Å². The molecular weight excluding hydrogens is 464 g/mol. The molecule has 2 N–H and O–H groups in total. The number of amides is 1. The number of halogens is 4. The second-order valence-corrected chi connectivity index (χ2v) is 8.00. The van der Waals surface area contributed by atoms with Gasteiger partial charge in [0.2, 0.25) is 0 Å². The summed E-state index contributed by atoms with van der Waals surface area (Å²) in [6.45, 7) is 3.31. The van der Waals surface area contributed by atoms with Gasteiger partial charge in [0.25, 0.3) is 5.91 Å². The molecule has 0 fully saturated rings. The molecule has 1 aromatic carbocycles. The van der Waals surface area contributed by atoms with Gasteiger partial charge in [0.05, 0.1) is 41.8 Å². The molecule has 0 spiro atoms. The normalized spacial score (nSPS) is 12.5. The Bertz CT molecular complexity index is 1370. The summed E-state index contributed by atoms with van der Waals surface area (Å²) < 4.78 is 52.1. The third-order valence-electron chi connectivity index (χ3n) is 5.52. The number of hydrogen-bond acceptors (Lipinski definition) is 6. The highest BCUT2D eigenvalue weighted by Gasteiger charge is 2.31. The van der Waals surface area contributed by atoms with E-state index in [1.54, 1.807) is 32.0 Å². The number of nitrogens with two attached hydrogens (primary N) is 1. The van der Waals surface area contributed by atoms with Crippen molar-refractivity contribution in [3.8, 4) is 0 Å². The van der Waals surface area contributed by atoms with E-state index >= 15 is 0 Å². The Morgan fingerprint density at radius 3 is 2.40 bits per heavy atom.